The second-order valence-electron chi connectivity index (χ2n) is 6.10. The quantitative estimate of drug-likeness (QED) is 0.909. The summed E-state index contributed by atoms with van der Waals surface area (Å²) < 4.78 is 0. The lowest BCUT2D eigenvalue weighted by Crippen LogP contribution is -2.47. The molecule has 2 aromatic heterocycles. The fourth-order valence-corrected chi connectivity index (χ4v) is 4.44. The van der Waals surface area contributed by atoms with E-state index in [0.717, 1.165) is 37.9 Å². The van der Waals surface area contributed by atoms with Crippen LogP contribution in [0.3, 0.4) is 0 Å². The van der Waals surface area contributed by atoms with Crippen molar-refractivity contribution >= 4 is 17.3 Å². The van der Waals surface area contributed by atoms with Crippen LogP contribution in [0.2, 0.25) is 0 Å². The first-order chi connectivity index (χ1) is 11.2. The van der Waals surface area contributed by atoms with Crippen molar-refractivity contribution in [2.75, 3.05) is 6.54 Å². The topological polar surface area (TPSA) is 53.4 Å². The maximum absolute atomic E-state index is 11.7. The van der Waals surface area contributed by atoms with Crippen LogP contribution < -0.4 is 0 Å². The smallest absolute Gasteiger partial charge is 0.320 e. The summed E-state index contributed by atoms with van der Waals surface area (Å²) in [7, 11) is 0. The minimum atomic E-state index is -0.704. The van der Waals surface area contributed by atoms with E-state index in [1.54, 1.807) is 17.5 Å². The van der Waals surface area contributed by atoms with Crippen LogP contribution in [-0.4, -0.2) is 33.5 Å². The van der Waals surface area contributed by atoms with Crippen molar-refractivity contribution < 1.29 is 9.90 Å². The van der Waals surface area contributed by atoms with E-state index in [1.165, 1.54) is 10.4 Å². The van der Waals surface area contributed by atoms with Crippen LogP contribution in [0.15, 0.2) is 35.8 Å². The number of aryl methyl sites for hydroxylation is 1. The molecule has 4 nitrogen and oxygen atoms in total. The van der Waals surface area contributed by atoms with Crippen LogP contribution in [0.1, 0.15) is 41.4 Å². The molecule has 3 rings (SSSR count). The molecule has 0 bridgehead atoms. The highest BCUT2D eigenvalue weighted by Gasteiger charge is 2.35. The number of rotatable bonds is 5. The molecule has 1 aliphatic rings. The molecular weight excluding hydrogens is 308 g/mol. The highest BCUT2D eigenvalue weighted by Crippen LogP contribution is 2.35. The van der Waals surface area contributed by atoms with Gasteiger partial charge in [0.1, 0.15) is 6.04 Å². The fraction of sp³-hybridized carbons (Fsp3) is 0.444. The summed E-state index contributed by atoms with van der Waals surface area (Å²) in [4.78, 5) is 19.6. The van der Waals surface area contributed by atoms with E-state index in [1.807, 2.05) is 18.2 Å². The second-order valence-corrected chi connectivity index (χ2v) is 7.04. The Bertz CT molecular complexity index is 656. The Morgan fingerprint density at radius 3 is 2.96 bits per heavy atom. The number of thiophene rings is 1. The average molecular weight is 330 g/mol. The normalized spacial score (nSPS) is 20.3. The van der Waals surface area contributed by atoms with E-state index < -0.39 is 5.97 Å². The molecule has 0 saturated carbocycles. The molecule has 122 valence electrons. The Labute approximate surface area is 140 Å². The summed E-state index contributed by atoms with van der Waals surface area (Å²) >= 11 is 1.72. The van der Waals surface area contributed by atoms with Gasteiger partial charge in [-0.2, -0.15) is 0 Å². The van der Waals surface area contributed by atoms with E-state index in [9.17, 15) is 9.90 Å². The van der Waals surface area contributed by atoms with Gasteiger partial charge in [-0.3, -0.25) is 14.7 Å². The number of hydrogen-bond acceptors (Lipinski definition) is 4. The molecule has 2 atom stereocenters. The summed E-state index contributed by atoms with van der Waals surface area (Å²) in [6.07, 6.45) is 5.35. The lowest BCUT2D eigenvalue weighted by molar-refractivity contribution is -0.145. The Balaban J connectivity index is 1.94. The van der Waals surface area contributed by atoms with Crippen LogP contribution >= 0.6 is 11.3 Å². The summed E-state index contributed by atoms with van der Waals surface area (Å²) in [6, 6.07) is 7.74. The van der Waals surface area contributed by atoms with Crippen molar-refractivity contribution in [3.8, 4) is 0 Å². The molecular formula is C18H22N2O2S. The molecule has 0 radical (unpaired) electrons. The monoisotopic (exact) mass is 330 g/mol. The SMILES string of the molecule is Cc1ccsc1C(Cc1ccccn1)N1CCCCC1C(=O)O. The van der Waals surface area contributed by atoms with Crippen LogP contribution in [0.4, 0.5) is 0 Å². The van der Waals surface area contributed by atoms with Gasteiger partial charge in [0.05, 0.1) is 6.04 Å². The number of carbonyl (C=O) groups is 1. The summed E-state index contributed by atoms with van der Waals surface area (Å²) in [5.41, 5.74) is 2.26. The first-order valence-electron chi connectivity index (χ1n) is 8.09. The zero-order valence-electron chi connectivity index (χ0n) is 13.3. The molecule has 23 heavy (non-hydrogen) atoms. The molecule has 3 heterocycles. The Kier molecular flexibility index (Phi) is 5.08. The molecule has 1 fully saturated rings. The number of nitrogens with zero attached hydrogens (tertiary/aromatic N) is 2. The molecule has 2 aromatic rings. The fourth-order valence-electron chi connectivity index (χ4n) is 3.40. The van der Waals surface area contributed by atoms with Crippen LogP contribution in [0, 0.1) is 6.92 Å². The Hall–Kier alpha value is -1.72. The highest BCUT2D eigenvalue weighted by atomic mass is 32.1. The van der Waals surface area contributed by atoms with Gasteiger partial charge in [-0.25, -0.2) is 0 Å². The van der Waals surface area contributed by atoms with Gasteiger partial charge in [-0.15, -0.1) is 11.3 Å². The van der Waals surface area contributed by atoms with Gasteiger partial charge in [0.25, 0.3) is 0 Å². The minimum Gasteiger partial charge on any atom is -0.480 e. The Morgan fingerprint density at radius 2 is 2.30 bits per heavy atom. The lowest BCUT2D eigenvalue weighted by Gasteiger charge is -2.39. The number of carboxylic acids is 1. The van der Waals surface area contributed by atoms with Crippen molar-refractivity contribution in [2.24, 2.45) is 0 Å². The number of aromatic nitrogens is 1. The number of aliphatic carboxylic acids is 1. The zero-order chi connectivity index (χ0) is 16.2. The molecule has 1 aliphatic heterocycles. The van der Waals surface area contributed by atoms with Gasteiger partial charge in [0.15, 0.2) is 0 Å². The van der Waals surface area contributed by atoms with E-state index in [4.69, 9.17) is 0 Å². The third-order valence-corrected chi connectivity index (χ3v) is 5.68. The van der Waals surface area contributed by atoms with E-state index >= 15 is 0 Å². The number of hydrogen-bond donors (Lipinski definition) is 1. The molecule has 0 aromatic carbocycles. The van der Waals surface area contributed by atoms with E-state index in [0.29, 0.717) is 0 Å². The van der Waals surface area contributed by atoms with E-state index in [2.05, 4.69) is 28.3 Å². The first-order valence-corrected chi connectivity index (χ1v) is 8.97. The first kappa shape index (κ1) is 16.1. The van der Waals surface area contributed by atoms with Gasteiger partial charge < -0.3 is 5.11 Å². The summed E-state index contributed by atoms with van der Waals surface area (Å²) in [6.45, 7) is 2.95. The predicted octanol–water partition coefficient (Wildman–Crippen LogP) is 3.67. The van der Waals surface area contributed by atoms with E-state index in [-0.39, 0.29) is 12.1 Å². The van der Waals surface area contributed by atoms with Gasteiger partial charge in [-0.1, -0.05) is 12.5 Å². The van der Waals surface area contributed by atoms with Gasteiger partial charge in [-0.05, 0) is 55.5 Å². The predicted molar refractivity (Wildman–Crippen MR) is 91.7 cm³/mol. The Morgan fingerprint density at radius 1 is 1.43 bits per heavy atom. The third-order valence-electron chi connectivity index (χ3n) is 4.56. The summed E-state index contributed by atoms with van der Waals surface area (Å²) in [5.74, 6) is -0.704. The number of carboxylic acid groups (broad SMARTS) is 1. The van der Waals surface area contributed by atoms with Crippen molar-refractivity contribution in [3.63, 3.8) is 0 Å². The molecule has 0 amide bonds. The maximum atomic E-state index is 11.7. The number of pyridine rings is 1. The lowest BCUT2D eigenvalue weighted by atomic mass is 9.96. The standard InChI is InChI=1S/C18H22N2O2S/c1-13-8-11-23-17(13)16(12-14-6-2-4-9-19-14)20-10-5-3-7-15(20)18(21)22/h2,4,6,8-9,11,15-16H,3,5,7,10,12H2,1H3,(H,21,22). The highest BCUT2D eigenvalue weighted by molar-refractivity contribution is 7.10. The van der Waals surface area contributed by atoms with Gasteiger partial charge in [0.2, 0.25) is 0 Å². The van der Waals surface area contributed by atoms with Crippen molar-refractivity contribution in [1.29, 1.82) is 0 Å². The molecule has 1 saturated heterocycles. The molecule has 2 unspecified atom stereocenters. The van der Waals surface area contributed by atoms with Crippen molar-refractivity contribution in [1.82, 2.24) is 9.88 Å². The maximum Gasteiger partial charge on any atom is 0.320 e. The second kappa shape index (κ2) is 7.23. The molecule has 0 aliphatic carbocycles. The van der Waals surface area contributed by atoms with Gasteiger partial charge >= 0.3 is 5.97 Å². The van der Waals surface area contributed by atoms with Crippen molar-refractivity contribution in [2.45, 2.75) is 44.7 Å². The van der Waals surface area contributed by atoms with Crippen LogP contribution in [0.25, 0.3) is 0 Å². The zero-order valence-corrected chi connectivity index (χ0v) is 14.1. The number of piperidine rings is 1. The van der Waals surface area contributed by atoms with Crippen molar-refractivity contribution in [3.05, 3.63) is 52.0 Å². The minimum absolute atomic E-state index is 0.0892. The van der Waals surface area contributed by atoms with Crippen LogP contribution in [-0.2, 0) is 11.2 Å². The summed E-state index contributed by atoms with van der Waals surface area (Å²) in [5, 5.41) is 11.7. The van der Waals surface area contributed by atoms with Crippen LogP contribution in [0.5, 0.6) is 0 Å². The third kappa shape index (κ3) is 3.62. The molecule has 1 N–H and O–H groups in total. The molecule has 5 heteroatoms. The largest absolute Gasteiger partial charge is 0.480 e. The van der Waals surface area contributed by atoms with Gasteiger partial charge in [0, 0.05) is 23.2 Å². The molecule has 0 spiro atoms. The number of likely N-dealkylation sites (tertiary alicyclic amines) is 1. The average Bonchev–Trinajstić information content (AvgIpc) is 2.99.